The van der Waals surface area contributed by atoms with Crippen molar-refractivity contribution in [3.8, 4) is 0 Å². The number of carbonyl (C=O) groups excluding carboxylic acids is 1. The summed E-state index contributed by atoms with van der Waals surface area (Å²) in [6, 6.07) is 13.1. The Hall–Kier alpha value is -2.33. The Morgan fingerprint density at radius 3 is 2.58 bits per heavy atom. The lowest BCUT2D eigenvalue weighted by Gasteiger charge is -2.10. The largest absolute Gasteiger partial charge is 0.324 e. The van der Waals surface area contributed by atoms with Gasteiger partial charge in [-0.05, 0) is 24.3 Å². The molecule has 1 heterocycles. The van der Waals surface area contributed by atoms with Crippen LogP contribution in [0.2, 0.25) is 10.0 Å². The quantitative estimate of drug-likeness (QED) is 0.346. The summed E-state index contributed by atoms with van der Waals surface area (Å²) in [5.41, 5.74) is 0.405. The molecule has 0 unspecified atom stereocenters. The Labute approximate surface area is 194 Å². The van der Waals surface area contributed by atoms with Gasteiger partial charge < -0.3 is 9.88 Å². The molecule has 0 saturated heterocycles. The van der Waals surface area contributed by atoms with Crippen LogP contribution in [0.5, 0.6) is 0 Å². The maximum Gasteiger partial charge on any atom is 0.234 e. The van der Waals surface area contributed by atoms with Gasteiger partial charge in [0.25, 0.3) is 0 Å². The maximum absolute atomic E-state index is 12.7. The summed E-state index contributed by atoms with van der Waals surface area (Å²) in [5, 5.41) is 11.8. The predicted molar refractivity (Wildman–Crippen MR) is 123 cm³/mol. The van der Waals surface area contributed by atoms with Gasteiger partial charge in [-0.1, -0.05) is 65.3 Å². The lowest BCUT2D eigenvalue weighted by molar-refractivity contribution is -0.113. The third-order valence-electron chi connectivity index (χ3n) is 4.08. The van der Waals surface area contributed by atoms with Gasteiger partial charge in [0.05, 0.1) is 26.4 Å². The van der Waals surface area contributed by atoms with Gasteiger partial charge >= 0.3 is 0 Å². The lowest BCUT2D eigenvalue weighted by atomic mass is 10.3. The number of thioether (sulfide) groups is 1. The van der Waals surface area contributed by atoms with E-state index in [1.54, 1.807) is 47.0 Å². The molecule has 0 saturated carbocycles. The molecule has 11 heteroatoms. The van der Waals surface area contributed by atoms with Gasteiger partial charge in [0.2, 0.25) is 5.91 Å². The Kier molecular flexibility index (Phi) is 7.77. The van der Waals surface area contributed by atoms with Crippen LogP contribution in [0.1, 0.15) is 5.82 Å². The second-order valence-corrected chi connectivity index (χ2v) is 10.0. The summed E-state index contributed by atoms with van der Waals surface area (Å²) in [6.45, 7) is 4.00. The van der Waals surface area contributed by atoms with Gasteiger partial charge in [-0.15, -0.1) is 16.8 Å². The number of nitrogens with one attached hydrogen (secondary N) is 1. The average molecular weight is 497 g/mol. The van der Waals surface area contributed by atoms with E-state index in [9.17, 15) is 13.2 Å². The fourth-order valence-corrected chi connectivity index (χ4v) is 5.05. The highest BCUT2D eigenvalue weighted by atomic mass is 35.5. The number of nitrogens with zero attached hydrogens (tertiary/aromatic N) is 3. The van der Waals surface area contributed by atoms with E-state index in [4.69, 9.17) is 23.2 Å². The zero-order valence-electron chi connectivity index (χ0n) is 16.2. The van der Waals surface area contributed by atoms with Crippen LogP contribution < -0.4 is 5.32 Å². The summed E-state index contributed by atoms with van der Waals surface area (Å²) in [7, 11) is -3.59. The lowest BCUT2D eigenvalue weighted by Crippen LogP contribution is -2.15. The van der Waals surface area contributed by atoms with Crippen molar-refractivity contribution in [3.63, 3.8) is 0 Å². The van der Waals surface area contributed by atoms with Crippen molar-refractivity contribution in [2.24, 2.45) is 0 Å². The minimum Gasteiger partial charge on any atom is -0.324 e. The van der Waals surface area contributed by atoms with E-state index in [0.717, 1.165) is 11.8 Å². The van der Waals surface area contributed by atoms with Crippen LogP contribution in [0.4, 0.5) is 5.69 Å². The first-order valence-corrected chi connectivity index (χ1v) is 12.4. The van der Waals surface area contributed by atoms with Gasteiger partial charge in [0, 0.05) is 6.54 Å². The van der Waals surface area contributed by atoms with Crippen molar-refractivity contribution in [2.75, 3.05) is 11.1 Å². The smallest absolute Gasteiger partial charge is 0.234 e. The molecule has 1 aromatic heterocycles. The number of aromatic nitrogens is 3. The number of allylic oxidation sites excluding steroid dienone is 1. The van der Waals surface area contributed by atoms with Gasteiger partial charge in [0.15, 0.2) is 15.0 Å². The topological polar surface area (TPSA) is 93.9 Å². The van der Waals surface area contributed by atoms with E-state index < -0.39 is 9.84 Å². The number of halogens is 2. The fourth-order valence-electron chi connectivity index (χ4n) is 2.64. The summed E-state index contributed by atoms with van der Waals surface area (Å²) >= 11 is 13.2. The maximum atomic E-state index is 12.7. The third-order valence-corrected chi connectivity index (χ3v) is 7.50. The SMILES string of the molecule is C=CCn1c(CS(=O)(=O)c2ccccc2)nnc1SCC(=O)Nc1cccc(Cl)c1Cl. The predicted octanol–water partition coefficient (Wildman–Crippen LogP) is 4.48. The first-order chi connectivity index (χ1) is 14.8. The first kappa shape index (κ1) is 23.3. The average Bonchev–Trinajstić information content (AvgIpc) is 3.11. The molecule has 1 amide bonds. The molecular weight excluding hydrogens is 479 g/mol. The van der Waals surface area contributed by atoms with Crippen LogP contribution in [0, 0.1) is 0 Å². The molecule has 0 bridgehead atoms. The van der Waals surface area contributed by atoms with E-state index in [1.165, 1.54) is 12.1 Å². The monoisotopic (exact) mass is 496 g/mol. The van der Waals surface area contributed by atoms with E-state index in [2.05, 4.69) is 22.1 Å². The van der Waals surface area contributed by atoms with Crippen molar-refractivity contribution in [2.45, 2.75) is 22.3 Å². The molecule has 0 aliphatic heterocycles. The number of hydrogen-bond donors (Lipinski definition) is 1. The van der Waals surface area contributed by atoms with Crippen LogP contribution >= 0.6 is 35.0 Å². The molecule has 7 nitrogen and oxygen atoms in total. The second kappa shape index (κ2) is 10.3. The molecule has 3 aromatic rings. The third kappa shape index (κ3) is 5.88. The molecule has 0 aliphatic carbocycles. The number of sulfone groups is 1. The van der Waals surface area contributed by atoms with Gasteiger partial charge in [-0.25, -0.2) is 8.42 Å². The minimum atomic E-state index is -3.59. The van der Waals surface area contributed by atoms with Gasteiger partial charge in [0.1, 0.15) is 11.6 Å². The highest BCUT2D eigenvalue weighted by Gasteiger charge is 2.21. The first-order valence-electron chi connectivity index (χ1n) is 8.99. The van der Waals surface area contributed by atoms with Gasteiger partial charge in [-0.2, -0.15) is 0 Å². The molecule has 31 heavy (non-hydrogen) atoms. The molecule has 2 aromatic carbocycles. The fraction of sp³-hybridized carbons (Fsp3) is 0.150. The highest BCUT2D eigenvalue weighted by Crippen LogP contribution is 2.30. The molecule has 3 rings (SSSR count). The van der Waals surface area contributed by atoms with Crippen LogP contribution in [-0.4, -0.2) is 34.8 Å². The molecule has 1 N–H and O–H groups in total. The highest BCUT2D eigenvalue weighted by molar-refractivity contribution is 7.99. The summed E-state index contributed by atoms with van der Waals surface area (Å²) in [6.07, 6.45) is 1.61. The van der Waals surface area contributed by atoms with Crippen LogP contribution in [0.25, 0.3) is 0 Å². The number of hydrogen-bond acceptors (Lipinski definition) is 6. The summed E-state index contributed by atoms with van der Waals surface area (Å²) < 4.78 is 27.0. The zero-order valence-corrected chi connectivity index (χ0v) is 19.3. The number of benzene rings is 2. The summed E-state index contributed by atoms with van der Waals surface area (Å²) in [5.74, 6) is -0.350. The molecule has 162 valence electrons. The van der Waals surface area contributed by atoms with Gasteiger partial charge in [-0.3, -0.25) is 4.79 Å². The van der Waals surface area contributed by atoms with Crippen molar-refractivity contribution < 1.29 is 13.2 Å². The number of anilines is 1. The molecule has 0 radical (unpaired) electrons. The Balaban J connectivity index is 1.72. The van der Waals surface area contributed by atoms with E-state index in [-0.39, 0.29) is 33.2 Å². The zero-order chi connectivity index (χ0) is 22.4. The van der Waals surface area contributed by atoms with Crippen molar-refractivity contribution >= 4 is 56.4 Å². The number of carbonyl (C=O) groups is 1. The molecule has 0 aliphatic rings. The standard InChI is InChI=1S/C20H18Cl2N4O3S2/c1-2-11-26-17(13-31(28,29)14-7-4-3-5-8-14)24-25-20(26)30-12-18(27)23-16-10-6-9-15(21)19(16)22/h2-10H,1,11-13H2,(H,23,27). The number of amides is 1. The number of rotatable bonds is 9. The van der Waals surface area contributed by atoms with E-state index in [1.807, 2.05) is 0 Å². The normalized spacial score (nSPS) is 11.3. The molecular formula is C20H18Cl2N4O3S2. The molecule has 0 atom stereocenters. The Morgan fingerprint density at radius 2 is 1.87 bits per heavy atom. The van der Waals surface area contributed by atoms with Crippen molar-refractivity contribution in [3.05, 3.63) is 77.1 Å². The second-order valence-electron chi connectivity index (χ2n) is 6.31. The molecule has 0 fully saturated rings. The molecule has 0 spiro atoms. The van der Waals surface area contributed by atoms with E-state index >= 15 is 0 Å². The van der Waals surface area contributed by atoms with Crippen LogP contribution in [0.15, 0.2) is 71.2 Å². The summed E-state index contributed by atoms with van der Waals surface area (Å²) in [4.78, 5) is 12.5. The van der Waals surface area contributed by atoms with Crippen molar-refractivity contribution in [1.29, 1.82) is 0 Å². The van der Waals surface area contributed by atoms with Crippen LogP contribution in [0.3, 0.4) is 0 Å². The van der Waals surface area contributed by atoms with Crippen molar-refractivity contribution in [1.82, 2.24) is 14.8 Å². The Bertz CT molecular complexity index is 1200. The van der Waals surface area contributed by atoms with Crippen LogP contribution in [-0.2, 0) is 26.9 Å². The minimum absolute atomic E-state index is 0.0174. The Morgan fingerprint density at radius 1 is 1.13 bits per heavy atom. The van der Waals surface area contributed by atoms with E-state index in [0.29, 0.717) is 22.4 Å².